The molecule has 0 fully saturated rings. The van der Waals surface area contributed by atoms with Crippen LogP contribution in [0.5, 0.6) is 5.75 Å². The number of hydrogen-bond acceptors (Lipinski definition) is 3. The molecular formula is C15H25ClN2O2. The molecule has 1 aromatic rings. The van der Waals surface area contributed by atoms with Crippen molar-refractivity contribution < 1.29 is 9.53 Å². The third kappa shape index (κ3) is 8.02. The summed E-state index contributed by atoms with van der Waals surface area (Å²) in [6, 6.07) is 8.14. The Labute approximate surface area is 127 Å². The molecule has 0 aliphatic heterocycles. The van der Waals surface area contributed by atoms with Crippen LogP contribution in [0.2, 0.25) is 0 Å². The second-order valence-electron chi connectivity index (χ2n) is 4.55. The maximum Gasteiger partial charge on any atom is 0.220 e. The number of ether oxygens (including phenoxy) is 1. The first-order valence-corrected chi connectivity index (χ1v) is 6.86. The Balaban J connectivity index is 0.00000361. The molecule has 0 bridgehead atoms. The van der Waals surface area contributed by atoms with Gasteiger partial charge < -0.3 is 15.8 Å². The third-order valence-corrected chi connectivity index (χ3v) is 2.99. The van der Waals surface area contributed by atoms with Gasteiger partial charge in [0.25, 0.3) is 0 Å². The quantitative estimate of drug-likeness (QED) is 0.688. The smallest absolute Gasteiger partial charge is 0.220 e. The fourth-order valence-electron chi connectivity index (χ4n) is 1.88. The predicted molar refractivity (Wildman–Crippen MR) is 84.5 cm³/mol. The van der Waals surface area contributed by atoms with Crippen LogP contribution in [0.25, 0.3) is 0 Å². The van der Waals surface area contributed by atoms with E-state index >= 15 is 0 Å². The van der Waals surface area contributed by atoms with Gasteiger partial charge in [0.1, 0.15) is 5.75 Å². The van der Waals surface area contributed by atoms with Crippen molar-refractivity contribution in [3.63, 3.8) is 0 Å². The van der Waals surface area contributed by atoms with Crippen molar-refractivity contribution in [2.75, 3.05) is 20.2 Å². The summed E-state index contributed by atoms with van der Waals surface area (Å²) in [5.74, 6) is 0.996. The van der Waals surface area contributed by atoms with Gasteiger partial charge in [0, 0.05) is 19.5 Å². The molecule has 3 N–H and O–H groups in total. The van der Waals surface area contributed by atoms with E-state index in [0.717, 1.165) is 31.4 Å². The van der Waals surface area contributed by atoms with Crippen LogP contribution < -0.4 is 15.8 Å². The molecule has 0 aromatic heterocycles. The van der Waals surface area contributed by atoms with E-state index in [4.69, 9.17) is 10.5 Å². The van der Waals surface area contributed by atoms with Crippen molar-refractivity contribution in [1.82, 2.24) is 5.32 Å². The van der Waals surface area contributed by atoms with Crippen LogP contribution in [-0.2, 0) is 11.2 Å². The highest BCUT2D eigenvalue weighted by Crippen LogP contribution is 2.13. The molecular weight excluding hydrogens is 276 g/mol. The van der Waals surface area contributed by atoms with Crippen LogP contribution in [-0.4, -0.2) is 26.1 Å². The van der Waals surface area contributed by atoms with Gasteiger partial charge in [0.2, 0.25) is 5.91 Å². The van der Waals surface area contributed by atoms with Gasteiger partial charge in [0.15, 0.2) is 0 Å². The Kier molecular flexibility index (Phi) is 10.8. The molecule has 1 amide bonds. The maximum atomic E-state index is 11.3. The van der Waals surface area contributed by atoms with Crippen LogP contribution >= 0.6 is 12.4 Å². The minimum Gasteiger partial charge on any atom is -0.497 e. The van der Waals surface area contributed by atoms with E-state index in [0.29, 0.717) is 19.5 Å². The molecule has 0 atom stereocenters. The first-order chi connectivity index (χ1) is 9.26. The van der Waals surface area contributed by atoms with Crippen molar-refractivity contribution in [3.05, 3.63) is 29.8 Å². The number of carbonyl (C=O) groups is 1. The Bertz CT molecular complexity index is 369. The summed E-state index contributed by atoms with van der Waals surface area (Å²) in [5.41, 5.74) is 6.63. The van der Waals surface area contributed by atoms with Crippen molar-refractivity contribution >= 4 is 18.3 Å². The number of unbranched alkanes of at least 4 members (excludes halogenated alkanes) is 2. The molecule has 0 spiro atoms. The second kappa shape index (κ2) is 11.6. The summed E-state index contributed by atoms with van der Waals surface area (Å²) < 4.78 is 5.12. The Morgan fingerprint density at radius 3 is 2.50 bits per heavy atom. The van der Waals surface area contributed by atoms with Crippen LogP contribution in [0.1, 0.15) is 31.2 Å². The van der Waals surface area contributed by atoms with E-state index in [-0.39, 0.29) is 18.3 Å². The largest absolute Gasteiger partial charge is 0.497 e. The highest BCUT2D eigenvalue weighted by atomic mass is 35.5. The number of nitrogens with two attached hydrogens (primary N) is 1. The number of benzene rings is 1. The number of hydrogen-bond donors (Lipinski definition) is 2. The van der Waals surface area contributed by atoms with Gasteiger partial charge in [-0.3, -0.25) is 4.79 Å². The number of nitrogens with one attached hydrogen (secondary N) is 1. The summed E-state index contributed by atoms with van der Waals surface area (Å²) in [5, 5.41) is 2.78. The summed E-state index contributed by atoms with van der Waals surface area (Å²) in [6.45, 7) is 1.08. The highest BCUT2D eigenvalue weighted by molar-refractivity contribution is 5.85. The second-order valence-corrected chi connectivity index (χ2v) is 4.55. The SMILES string of the molecule is COc1ccc(CCCCCC(=O)NCCN)cc1.Cl. The zero-order valence-electron chi connectivity index (χ0n) is 12.1. The Morgan fingerprint density at radius 2 is 1.90 bits per heavy atom. The molecule has 1 aromatic carbocycles. The zero-order valence-corrected chi connectivity index (χ0v) is 12.9. The third-order valence-electron chi connectivity index (χ3n) is 2.99. The van der Waals surface area contributed by atoms with Gasteiger partial charge in [-0.15, -0.1) is 12.4 Å². The van der Waals surface area contributed by atoms with E-state index in [2.05, 4.69) is 17.4 Å². The van der Waals surface area contributed by atoms with Crippen molar-refractivity contribution in [2.45, 2.75) is 32.1 Å². The standard InChI is InChI=1S/C15H24N2O2.ClH/c1-19-14-9-7-13(8-10-14)5-3-2-4-6-15(18)17-12-11-16;/h7-10H,2-6,11-12,16H2,1H3,(H,17,18);1H. The molecule has 4 nitrogen and oxygen atoms in total. The van der Waals surface area contributed by atoms with Crippen molar-refractivity contribution in [2.24, 2.45) is 5.73 Å². The van der Waals surface area contributed by atoms with Gasteiger partial charge >= 0.3 is 0 Å². The molecule has 0 saturated carbocycles. The molecule has 0 aliphatic rings. The zero-order chi connectivity index (χ0) is 13.9. The fraction of sp³-hybridized carbons (Fsp3) is 0.533. The average Bonchev–Trinajstić information content (AvgIpc) is 2.45. The number of halogens is 1. The summed E-state index contributed by atoms with van der Waals surface area (Å²) in [4.78, 5) is 11.3. The lowest BCUT2D eigenvalue weighted by molar-refractivity contribution is -0.121. The molecule has 1 rings (SSSR count). The number of aryl methyl sites for hydroxylation is 1. The molecule has 0 aliphatic carbocycles. The highest BCUT2D eigenvalue weighted by Gasteiger charge is 2.00. The van der Waals surface area contributed by atoms with Gasteiger partial charge in [-0.1, -0.05) is 18.6 Å². The summed E-state index contributed by atoms with van der Waals surface area (Å²) >= 11 is 0. The first kappa shape index (κ1) is 18.7. The predicted octanol–water partition coefficient (Wildman–Crippen LogP) is 2.29. The van der Waals surface area contributed by atoms with Crippen LogP contribution in [0, 0.1) is 0 Å². The number of carbonyl (C=O) groups excluding carboxylic acids is 1. The van der Waals surface area contributed by atoms with Crippen LogP contribution in [0.15, 0.2) is 24.3 Å². The fourth-order valence-corrected chi connectivity index (χ4v) is 1.88. The lowest BCUT2D eigenvalue weighted by atomic mass is 10.1. The lowest BCUT2D eigenvalue weighted by Crippen LogP contribution is -2.28. The van der Waals surface area contributed by atoms with Gasteiger partial charge in [-0.05, 0) is 37.0 Å². The van der Waals surface area contributed by atoms with Crippen molar-refractivity contribution in [1.29, 1.82) is 0 Å². The van der Waals surface area contributed by atoms with Gasteiger partial charge in [0.05, 0.1) is 7.11 Å². The van der Waals surface area contributed by atoms with E-state index in [1.54, 1.807) is 7.11 Å². The molecule has 5 heteroatoms. The van der Waals surface area contributed by atoms with E-state index < -0.39 is 0 Å². The number of rotatable bonds is 9. The van der Waals surface area contributed by atoms with Crippen molar-refractivity contribution in [3.8, 4) is 5.75 Å². The number of methoxy groups -OCH3 is 1. The Hall–Kier alpha value is -1.26. The minimum absolute atomic E-state index is 0. The molecule has 20 heavy (non-hydrogen) atoms. The molecule has 0 saturated heterocycles. The number of amides is 1. The average molecular weight is 301 g/mol. The molecule has 0 radical (unpaired) electrons. The van der Waals surface area contributed by atoms with E-state index in [1.807, 2.05) is 12.1 Å². The van der Waals surface area contributed by atoms with Crippen LogP contribution in [0.3, 0.4) is 0 Å². The normalized spacial score (nSPS) is 9.70. The van der Waals surface area contributed by atoms with E-state index in [9.17, 15) is 4.79 Å². The lowest BCUT2D eigenvalue weighted by Gasteiger charge is -2.05. The molecule has 0 unspecified atom stereocenters. The summed E-state index contributed by atoms with van der Waals surface area (Å²) in [6.07, 6.45) is 4.77. The maximum absolute atomic E-state index is 11.3. The minimum atomic E-state index is 0. The monoisotopic (exact) mass is 300 g/mol. The van der Waals surface area contributed by atoms with E-state index in [1.165, 1.54) is 5.56 Å². The molecule has 0 heterocycles. The van der Waals surface area contributed by atoms with Gasteiger partial charge in [-0.2, -0.15) is 0 Å². The molecule has 114 valence electrons. The van der Waals surface area contributed by atoms with Crippen LogP contribution in [0.4, 0.5) is 0 Å². The first-order valence-electron chi connectivity index (χ1n) is 6.86. The Morgan fingerprint density at radius 1 is 1.20 bits per heavy atom. The topological polar surface area (TPSA) is 64.3 Å². The summed E-state index contributed by atoms with van der Waals surface area (Å²) in [7, 11) is 1.67. The van der Waals surface area contributed by atoms with Gasteiger partial charge in [-0.25, -0.2) is 0 Å².